The molecule has 0 aliphatic carbocycles. The van der Waals surface area contributed by atoms with Gasteiger partial charge >= 0.3 is 0 Å². The van der Waals surface area contributed by atoms with Crippen LogP contribution in [0.25, 0.3) is 11.3 Å². The number of alkyl halides is 2. The van der Waals surface area contributed by atoms with Crippen molar-refractivity contribution in [3.63, 3.8) is 0 Å². The van der Waals surface area contributed by atoms with E-state index in [4.69, 9.17) is 0 Å². The fourth-order valence-electron chi connectivity index (χ4n) is 2.79. The van der Waals surface area contributed by atoms with Crippen LogP contribution in [0.4, 0.5) is 14.7 Å². The molecule has 3 rings (SSSR count). The minimum absolute atomic E-state index is 0.228. The molecule has 7 heteroatoms. The van der Waals surface area contributed by atoms with Crippen LogP contribution in [-0.2, 0) is 7.05 Å². The van der Waals surface area contributed by atoms with Crippen molar-refractivity contribution in [2.24, 2.45) is 7.05 Å². The summed E-state index contributed by atoms with van der Waals surface area (Å²) in [5.41, 5.74) is 1.82. The van der Waals surface area contributed by atoms with Crippen molar-refractivity contribution in [2.75, 3.05) is 18.0 Å². The van der Waals surface area contributed by atoms with E-state index < -0.39 is 6.43 Å². The van der Waals surface area contributed by atoms with Crippen molar-refractivity contribution >= 4 is 5.95 Å². The molecule has 0 amide bonds. The maximum Gasteiger partial charge on any atom is 0.280 e. The highest BCUT2D eigenvalue weighted by molar-refractivity contribution is 5.62. The van der Waals surface area contributed by atoms with Crippen molar-refractivity contribution in [3.05, 3.63) is 23.7 Å². The van der Waals surface area contributed by atoms with E-state index in [1.807, 2.05) is 11.8 Å². The Hall–Kier alpha value is -2.05. The molecule has 0 spiro atoms. The Morgan fingerprint density at radius 1 is 1.14 bits per heavy atom. The fourth-order valence-corrected chi connectivity index (χ4v) is 2.79. The second kappa shape index (κ2) is 5.98. The normalized spacial score (nSPS) is 15.6. The zero-order valence-electron chi connectivity index (χ0n) is 12.8. The Kier molecular flexibility index (Phi) is 4.04. The predicted octanol–water partition coefficient (Wildman–Crippen LogP) is 3.11. The molecule has 0 N–H and O–H groups in total. The van der Waals surface area contributed by atoms with E-state index in [0.29, 0.717) is 11.6 Å². The van der Waals surface area contributed by atoms with E-state index in [1.54, 1.807) is 17.9 Å². The van der Waals surface area contributed by atoms with Crippen LogP contribution in [-0.4, -0.2) is 32.8 Å². The number of piperidine rings is 1. The molecule has 5 nitrogen and oxygen atoms in total. The van der Waals surface area contributed by atoms with Gasteiger partial charge in [0.25, 0.3) is 6.43 Å². The van der Waals surface area contributed by atoms with Gasteiger partial charge in [0.1, 0.15) is 5.69 Å². The number of aryl methyl sites for hydroxylation is 2. The van der Waals surface area contributed by atoms with Gasteiger partial charge in [-0.05, 0) is 32.3 Å². The first-order chi connectivity index (χ1) is 10.5. The summed E-state index contributed by atoms with van der Waals surface area (Å²) >= 11 is 0. The summed E-state index contributed by atoms with van der Waals surface area (Å²) in [5, 5.41) is 4.26. The topological polar surface area (TPSA) is 46.8 Å². The second-order valence-corrected chi connectivity index (χ2v) is 5.63. The highest BCUT2D eigenvalue weighted by Crippen LogP contribution is 2.28. The van der Waals surface area contributed by atoms with Crippen molar-refractivity contribution in [2.45, 2.75) is 32.6 Å². The lowest BCUT2D eigenvalue weighted by Crippen LogP contribution is -2.31. The lowest BCUT2D eigenvalue weighted by molar-refractivity contribution is 0.146. The number of hydrogen-bond acceptors (Lipinski definition) is 4. The second-order valence-electron chi connectivity index (χ2n) is 5.63. The molecule has 0 unspecified atom stereocenters. The van der Waals surface area contributed by atoms with E-state index in [0.717, 1.165) is 37.2 Å². The van der Waals surface area contributed by atoms with Gasteiger partial charge in [-0.2, -0.15) is 5.10 Å². The molecule has 0 atom stereocenters. The highest BCUT2D eigenvalue weighted by Gasteiger charge is 2.20. The van der Waals surface area contributed by atoms with E-state index >= 15 is 0 Å². The van der Waals surface area contributed by atoms with E-state index in [9.17, 15) is 8.78 Å². The van der Waals surface area contributed by atoms with Crippen LogP contribution < -0.4 is 4.90 Å². The standard InChI is InChI=1S/C15H19F2N5/c1-10-11(9-21(2)20-10)12-8-13(14(16)17)19-15(18-12)22-6-4-3-5-7-22/h8-9,14H,3-7H2,1-2H3. The van der Waals surface area contributed by atoms with Gasteiger partial charge < -0.3 is 4.90 Å². The SMILES string of the molecule is Cc1nn(C)cc1-c1cc(C(F)F)nc(N2CCCCC2)n1. The molecular formula is C15H19F2N5. The molecule has 1 aliphatic rings. The Morgan fingerprint density at radius 3 is 2.45 bits per heavy atom. The molecule has 1 aliphatic heterocycles. The first-order valence-electron chi connectivity index (χ1n) is 7.47. The summed E-state index contributed by atoms with van der Waals surface area (Å²) in [6.07, 6.45) is 2.45. The Labute approximate surface area is 128 Å². The van der Waals surface area contributed by atoms with E-state index in [2.05, 4.69) is 15.1 Å². The third kappa shape index (κ3) is 2.93. The van der Waals surface area contributed by atoms with Gasteiger partial charge in [-0.3, -0.25) is 4.68 Å². The fraction of sp³-hybridized carbons (Fsp3) is 0.533. The lowest BCUT2D eigenvalue weighted by Gasteiger charge is -2.27. The number of halogens is 2. The van der Waals surface area contributed by atoms with Crippen LogP contribution in [0.15, 0.2) is 12.3 Å². The maximum absolute atomic E-state index is 13.2. The van der Waals surface area contributed by atoms with Gasteiger partial charge in [-0.15, -0.1) is 0 Å². The van der Waals surface area contributed by atoms with Crippen LogP contribution >= 0.6 is 0 Å². The molecule has 2 aromatic rings. The van der Waals surface area contributed by atoms with Crippen LogP contribution in [0.5, 0.6) is 0 Å². The number of rotatable bonds is 3. The van der Waals surface area contributed by atoms with Gasteiger partial charge in [0, 0.05) is 31.9 Å². The Bertz CT molecular complexity index is 662. The molecular weight excluding hydrogens is 288 g/mol. The van der Waals surface area contributed by atoms with Gasteiger partial charge in [0.05, 0.1) is 11.4 Å². The average molecular weight is 307 g/mol. The third-order valence-corrected chi connectivity index (χ3v) is 3.89. The zero-order chi connectivity index (χ0) is 15.7. The zero-order valence-corrected chi connectivity index (χ0v) is 12.8. The number of hydrogen-bond donors (Lipinski definition) is 0. The van der Waals surface area contributed by atoms with Crippen molar-refractivity contribution in [3.8, 4) is 11.3 Å². The van der Waals surface area contributed by atoms with Gasteiger partial charge in [-0.25, -0.2) is 18.7 Å². The maximum atomic E-state index is 13.2. The molecule has 3 heterocycles. The van der Waals surface area contributed by atoms with Gasteiger partial charge in [0.15, 0.2) is 0 Å². The van der Waals surface area contributed by atoms with Crippen molar-refractivity contribution in [1.29, 1.82) is 0 Å². The van der Waals surface area contributed by atoms with Crippen LogP contribution in [0.2, 0.25) is 0 Å². The van der Waals surface area contributed by atoms with E-state index in [1.165, 1.54) is 12.5 Å². The van der Waals surface area contributed by atoms with Crippen molar-refractivity contribution < 1.29 is 8.78 Å². The summed E-state index contributed by atoms with van der Waals surface area (Å²) < 4.78 is 28.0. The van der Waals surface area contributed by atoms with Crippen LogP contribution in [0, 0.1) is 6.92 Å². The van der Waals surface area contributed by atoms with E-state index in [-0.39, 0.29) is 5.69 Å². The Balaban J connectivity index is 2.05. The molecule has 2 aromatic heterocycles. The molecule has 22 heavy (non-hydrogen) atoms. The largest absolute Gasteiger partial charge is 0.341 e. The van der Waals surface area contributed by atoms with Gasteiger partial charge in [-0.1, -0.05) is 0 Å². The number of nitrogens with zero attached hydrogens (tertiary/aromatic N) is 5. The average Bonchev–Trinajstić information content (AvgIpc) is 2.86. The third-order valence-electron chi connectivity index (χ3n) is 3.89. The summed E-state index contributed by atoms with van der Waals surface area (Å²) in [5.74, 6) is 0.399. The first-order valence-corrected chi connectivity index (χ1v) is 7.47. The molecule has 1 fully saturated rings. The molecule has 118 valence electrons. The van der Waals surface area contributed by atoms with Crippen molar-refractivity contribution in [1.82, 2.24) is 19.7 Å². The minimum atomic E-state index is -2.61. The predicted molar refractivity (Wildman–Crippen MR) is 80.0 cm³/mol. The quantitative estimate of drug-likeness (QED) is 0.874. The first kappa shape index (κ1) is 14.9. The number of aromatic nitrogens is 4. The monoisotopic (exact) mass is 307 g/mol. The molecule has 1 saturated heterocycles. The summed E-state index contributed by atoms with van der Waals surface area (Å²) in [6, 6.07) is 1.36. The molecule has 0 radical (unpaired) electrons. The smallest absolute Gasteiger partial charge is 0.280 e. The minimum Gasteiger partial charge on any atom is -0.341 e. The number of anilines is 1. The summed E-state index contributed by atoms with van der Waals surface area (Å²) in [4.78, 5) is 10.6. The van der Waals surface area contributed by atoms with Gasteiger partial charge in [0.2, 0.25) is 5.95 Å². The lowest BCUT2D eigenvalue weighted by atomic mass is 10.1. The van der Waals surface area contributed by atoms with Crippen LogP contribution in [0.3, 0.4) is 0 Å². The molecule has 0 aromatic carbocycles. The summed E-state index contributed by atoms with van der Waals surface area (Å²) in [7, 11) is 1.80. The highest BCUT2D eigenvalue weighted by atomic mass is 19.3. The molecule has 0 saturated carbocycles. The van der Waals surface area contributed by atoms with Crippen LogP contribution in [0.1, 0.15) is 37.1 Å². The Morgan fingerprint density at radius 2 is 1.86 bits per heavy atom. The molecule has 0 bridgehead atoms. The summed E-state index contributed by atoms with van der Waals surface area (Å²) in [6.45, 7) is 3.48.